The first-order valence-corrected chi connectivity index (χ1v) is 10.1. The zero-order chi connectivity index (χ0) is 20.1. The summed E-state index contributed by atoms with van der Waals surface area (Å²) >= 11 is 0. The van der Waals surface area contributed by atoms with Crippen LogP contribution in [0.3, 0.4) is 0 Å². The van der Waals surface area contributed by atoms with Crippen LogP contribution in [-0.2, 0) is 16.1 Å². The van der Waals surface area contributed by atoms with Gasteiger partial charge in [-0.1, -0.05) is 36.4 Å². The van der Waals surface area contributed by atoms with Gasteiger partial charge in [0, 0.05) is 12.0 Å². The Kier molecular flexibility index (Phi) is 6.08. The van der Waals surface area contributed by atoms with Gasteiger partial charge in [0.25, 0.3) is 0 Å². The summed E-state index contributed by atoms with van der Waals surface area (Å²) in [6, 6.07) is 13.6. The molecule has 1 atom stereocenters. The van der Waals surface area contributed by atoms with E-state index in [1.165, 1.54) is 19.2 Å². The molecule has 3 N–H and O–H groups in total. The molecule has 0 spiro atoms. The van der Waals surface area contributed by atoms with Gasteiger partial charge in [0.05, 0.1) is 19.3 Å². The van der Waals surface area contributed by atoms with Crippen LogP contribution in [-0.4, -0.2) is 34.9 Å². The molecule has 0 bridgehead atoms. The number of hydrogen-bond donors (Lipinski definition) is 3. The fourth-order valence-electron chi connectivity index (χ4n) is 2.89. The Hall–Kier alpha value is -2.75. The van der Waals surface area contributed by atoms with Crippen molar-refractivity contribution in [1.82, 2.24) is 4.72 Å². The van der Waals surface area contributed by atoms with Crippen LogP contribution in [0.2, 0.25) is 0 Å². The van der Waals surface area contributed by atoms with Gasteiger partial charge >= 0.3 is 12.1 Å². The second-order valence-corrected chi connectivity index (χ2v) is 8.09. The van der Waals surface area contributed by atoms with Crippen LogP contribution in [0, 0.1) is 0 Å². The molecule has 2 aromatic carbocycles. The van der Waals surface area contributed by atoms with Gasteiger partial charge in [-0.2, -0.15) is 0 Å². The van der Waals surface area contributed by atoms with E-state index in [9.17, 15) is 18.7 Å². The molecule has 1 amide bonds. The smallest absolute Gasteiger partial charge is 0.425 e. The minimum absolute atomic E-state index is 0.00898. The van der Waals surface area contributed by atoms with Gasteiger partial charge in [0.2, 0.25) is 0 Å². The molecule has 28 heavy (non-hydrogen) atoms. The number of benzene rings is 2. The quantitative estimate of drug-likeness (QED) is 0.644. The second-order valence-electron chi connectivity index (χ2n) is 6.13. The van der Waals surface area contributed by atoms with Crippen molar-refractivity contribution < 1.29 is 32.9 Å². The Balaban J connectivity index is 1.70. The fourth-order valence-corrected chi connectivity index (χ4v) is 4.31. The highest BCUT2D eigenvalue weighted by molar-refractivity contribution is 8.23. The SMILES string of the molecule is COC(=O)c1ccc2c(c1)OCCC2S(O)(O)NC(=O)OCc1ccccc1. The Bertz CT molecular complexity index is 857. The molecular weight excluding hydrogens is 386 g/mol. The third kappa shape index (κ3) is 4.56. The standard InChI is InChI=1S/C19H21NO7S/c1-25-18(21)14-7-8-15-16(11-14)26-10-9-17(15)28(23,24)20-19(22)27-12-13-5-3-2-4-6-13/h2-8,11,17,23-24H,9-10,12H2,1H3,(H,20,22). The largest absolute Gasteiger partial charge is 0.493 e. The predicted molar refractivity (Wildman–Crippen MR) is 103 cm³/mol. The zero-order valence-electron chi connectivity index (χ0n) is 15.2. The maximum absolute atomic E-state index is 12.0. The van der Waals surface area contributed by atoms with Gasteiger partial charge in [-0.05, 0) is 17.7 Å². The molecule has 0 saturated heterocycles. The van der Waals surface area contributed by atoms with Gasteiger partial charge in [0.1, 0.15) is 17.6 Å². The van der Waals surface area contributed by atoms with Crippen LogP contribution < -0.4 is 9.46 Å². The number of fused-ring (bicyclic) bond motifs is 1. The summed E-state index contributed by atoms with van der Waals surface area (Å²) in [5, 5.41) is -0.785. The Labute approximate surface area is 163 Å². The van der Waals surface area contributed by atoms with Crippen molar-refractivity contribution in [3.8, 4) is 5.75 Å². The van der Waals surface area contributed by atoms with Crippen molar-refractivity contribution >= 4 is 22.8 Å². The number of hydrogen-bond acceptors (Lipinski definition) is 7. The predicted octanol–water partition coefficient (Wildman–Crippen LogP) is 3.89. The highest BCUT2D eigenvalue weighted by Gasteiger charge is 2.35. The molecule has 0 aromatic heterocycles. The number of esters is 1. The van der Waals surface area contributed by atoms with Crippen LogP contribution in [0.25, 0.3) is 0 Å². The van der Waals surface area contributed by atoms with Gasteiger partial charge in [0.15, 0.2) is 0 Å². The zero-order valence-corrected chi connectivity index (χ0v) is 16.0. The average molecular weight is 407 g/mol. The fraction of sp³-hybridized carbons (Fsp3) is 0.263. The van der Waals surface area contributed by atoms with Crippen LogP contribution in [0.1, 0.15) is 33.2 Å². The minimum atomic E-state index is -3.56. The average Bonchev–Trinajstić information content (AvgIpc) is 2.71. The topological polar surface area (TPSA) is 114 Å². The van der Waals surface area contributed by atoms with Crippen LogP contribution in [0.5, 0.6) is 5.75 Å². The van der Waals surface area contributed by atoms with Crippen LogP contribution >= 0.6 is 10.8 Å². The first-order valence-electron chi connectivity index (χ1n) is 8.51. The van der Waals surface area contributed by atoms with Crippen molar-refractivity contribution in [1.29, 1.82) is 0 Å². The van der Waals surface area contributed by atoms with E-state index in [0.29, 0.717) is 11.3 Å². The minimum Gasteiger partial charge on any atom is -0.493 e. The molecule has 3 rings (SSSR count). The number of methoxy groups -OCH3 is 1. The third-order valence-electron chi connectivity index (χ3n) is 4.26. The molecule has 2 aromatic rings. The lowest BCUT2D eigenvalue weighted by Gasteiger charge is -2.42. The summed E-state index contributed by atoms with van der Waals surface area (Å²) in [6.45, 7) is 0.216. The van der Waals surface area contributed by atoms with E-state index in [-0.39, 0.29) is 25.2 Å². The molecular formula is C19H21NO7S. The van der Waals surface area contributed by atoms with Crippen LogP contribution in [0.4, 0.5) is 4.79 Å². The van der Waals surface area contributed by atoms with Crippen molar-refractivity contribution in [3.63, 3.8) is 0 Å². The number of rotatable bonds is 5. The highest BCUT2D eigenvalue weighted by atomic mass is 32.3. The van der Waals surface area contributed by atoms with E-state index in [2.05, 4.69) is 9.46 Å². The molecule has 1 aliphatic heterocycles. The first kappa shape index (κ1) is 20.0. The molecule has 0 saturated carbocycles. The number of nitrogens with one attached hydrogen (secondary N) is 1. The Morgan fingerprint density at radius 2 is 1.96 bits per heavy atom. The van der Waals surface area contributed by atoms with Gasteiger partial charge in [-0.15, -0.1) is 10.8 Å². The van der Waals surface area contributed by atoms with Crippen molar-refractivity contribution in [2.45, 2.75) is 18.3 Å². The normalized spacial score (nSPS) is 16.3. The van der Waals surface area contributed by atoms with Gasteiger partial charge < -0.3 is 14.2 Å². The molecule has 9 heteroatoms. The third-order valence-corrected chi connectivity index (χ3v) is 6.01. The molecule has 1 heterocycles. The molecule has 150 valence electrons. The molecule has 0 radical (unpaired) electrons. The monoisotopic (exact) mass is 407 g/mol. The number of amides is 1. The lowest BCUT2D eigenvalue weighted by atomic mass is 10.0. The van der Waals surface area contributed by atoms with E-state index >= 15 is 0 Å². The van der Waals surface area contributed by atoms with Crippen molar-refractivity contribution in [3.05, 3.63) is 65.2 Å². The summed E-state index contributed by atoms with van der Waals surface area (Å²) in [5.41, 5.74) is 1.55. The Morgan fingerprint density at radius 3 is 2.68 bits per heavy atom. The molecule has 1 aliphatic rings. The summed E-state index contributed by atoms with van der Waals surface area (Å²) in [5.74, 6) is -0.179. The number of ether oxygens (including phenoxy) is 3. The molecule has 8 nitrogen and oxygen atoms in total. The highest BCUT2D eigenvalue weighted by Crippen LogP contribution is 2.55. The summed E-state index contributed by atoms with van der Waals surface area (Å²) in [4.78, 5) is 23.7. The summed E-state index contributed by atoms with van der Waals surface area (Å²) in [6.07, 6.45) is -0.644. The molecule has 0 fully saturated rings. The van der Waals surface area contributed by atoms with Crippen molar-refractivity contribution in [2.24, 2.45) is 0 Å². The summed E-state index contributed by atoms with van der Waals surface area (Å²) < 4.78 is 38.6. The van der Waals surface area contributed by atoms with E-state index in [4.69, 9.17) is 9.47 Å². The second kappa shape index (κ2) is 8.51. The van der Waals surface area contributed by atoms with Gasteiger partial charge in [-0.3, -0.25) is 9.11 Å². The lowest BCUT2D eigenvalue weighted by Crippen LogP contribution is -2.33. The molecule has 0 aliphatic carbocycles. The van der Waals surface area contributed by atoms with E-state index in [1.807, 2.05) is 18.2 Å². The van der Waals surface area contributed by atoms with E-state index < -0.39 is 28.1 Å². The Morgan fingerprint density at radius 1 is 1.21 bits per heavy atom. The first-order chi connectivity index (χ1) is 13.4. The lowest BCUT2D eigenvalue weighted by molar-refractivity contribution is 0.0600. The number of carbonyl (C=O) groups excluding carboxylic acids is 2. The van der Waals surface area contributed by atoms with Crippen LogP contribution in [0.15, 0.2) is 48.5 Å². The van der Waals surface area contributed by atoms with E-state index in [1.54, 1.807) is 18.2 Å². The van der Waals surface area contributed by atoms with E-state index in [0.717, 1.165) is 5.56 Å². The van der Waals surface area contributed by atoms with Crippen molar-refractivity contribution in [2.75, 3.05) is 13.7 Å². The molecule has 1 unspecified atom stereocenters. The summed E-state index contributed by atoms with van der Waals surface area (Å²) in [7, 11) is -2.29. The number of carbonyl (C=O) groups is 2. The maximum Gasteiger partial charge on any atom is 0.425 e. The maximum atomic E-state index is 12.0. The van der Waals surface area contributed by atoms with Gasteiger partial charge in [-0.25, -0.2) is 14.3 Å².